The Kier molecular flexibility index (Phi) is 4.39. The molecule has 5 rings (SSSR count). The molecule has 30 heavy (non-hydrogen) atoms. The largest absolute Gasteiger partial charge is 0.494 e. The van der Waals surface area contributed by atoms with Gasteiger partial charge in [-0.25, -0.2) is 0 Å². The highest BCUT2D eigenvalue weighted by Crippen LogP contribution is 2.37. The second-order valence-corrected chi connectivity index (χ2v) is 8.97. The summed E-state index contributed by atoms with van der Waals surface area (Å²) in [6, 6.07) is 29.8. The molecule has 0 unspecified atom stereocenters. The van der Waals surface area contributed by atoms with E-state index in [4.69, 9.17) is 9.31 Å². The van der Waals surface area contributed by atoms with Gasteiger partial charge in [-0.3, -0.25) is 0 Å². The van der Waals surface area contributed by atoms with Gasteiger partial charge in [0.2, 0.25) is 0 Å². The number of para-hydroxylation sites is 1. The van der Waals surface area contributed by atoms with Crippen molar-refractivity contribution in [3.8, 4) is 16.9 Å². The number of hydrogen-bond donors (Lipinski definition) is 0. The first-order valence-electron chi connectivity index (χ1n) is 10.5. The van der Waals surface area contributed by atoms with Crippen molar-refractivity contribution < 1.29 is 9.31 Å². The van der Waals surface area contributed by atoms with Crippen LogP contribution in [0, 0.1) is 0 Å². The summed E-state index contributed by atoms with van der Waals surface area (Å²) >= 11 is 0. The summed E-state index contributed by atoms with van der Waals surface area (Å²) in [5, 5.41) is 1.22. The molecule has 0 amide bonds. The minimum atomic E-state index is -0.378. The third kappa shape index (κ3) is 3.08. The molecule has 0 bridgehead atoms. The summed E-state index contributed by atoms with van der Waals surface area (Å²) in [4.78, 5) is 0. The van der Waals surface area contributed by atoms with E-state index < -0.39 is 0 Å². The number of rotatable bonds is 3. The molecule has 0 atom stereocenters. The Labute approximate surface area is 178 Å². The molecule has 0 radical (unpaired) electrons. The van der Waals surface area contributed by atoms with Crippen molar-refractivity contribution in [2.45, 2.75) is 38.9 Å². The average Bonchev–Trinajstić information content (AvgIpc) is 3.23. The fraction of sp³-hybridized carbons (Fsp3) is 0.231. The van der Waals surface area contributed by atoms with Crippen LogP contribution in [0.1, 0.15) is 27.7 Å². The highest BCUT2D eigenvalue weighted by molar-refractivity contribution is 6.62. The molecular weight excluding hydrogens is 369 g/mol. The van der Waals surface area contributed by atoms with Gasteiger partial charge in [-0.2, -0.15) is 0 Å². The van der Waals surface area contributed by atoms with Crippen molar-refractivity contribution in [1.29, 1.82) is 0 Å². The molecule has 1 fully saturated rings. The maximum atomic E-state index is 6.29. The first-order chi connectivity index (χ1) is 14.4. The molecule has 1 saturated heterocycles. The maximum absolute atomic E-state index is 6.29. The van der Waals surface area contributed by atoms with Gasteiger partial charge >= 0.3 is 7.12 Å². The predicted octanol–water partition coefficient (Wildman–Crippen LogP) is 5.60. The smallest absolute Gasteiger partial charge is 0.399 e. The lowest BCUT2D eigenvalue weighted by molar-refractivity contribution is 0.00578. The Morgan fingerprint density at radius 1 is 0.700 bits per heavy atom. The lowest BCUT2D eigenvalue weighted by Crippen LogP contribution is -2.41. The predicted molar refractivity (Wildman–Crippen MR) is 124 cm³/mol. The Bertz CT molecular complexity index is 1190. The van der Waals surface area contributed by atoms with Crippen molar-refractivity contribution in [1.82, 2.24) is 4.57 Å². The van der Waals surface area contributed by atoms with Gasteiger partial charge in [-0.05, 0) is 63.0 Å². The SMILES string of the molecule is CC1(C)OB(c2cccc(-n3c(-c4ccccc4)cc4ccccc43)c2)OC1(C)C. The monoisotopic (exact) mass is 395 g/mol. The molecule has 150 valence electrons. The Morgan fingerprint density at radius 3 is 2.10 bits per heavy atom. The number of nitrogens with zero attached hydrogens (tertiary/aromatic N) is 1. The molecule has 4 aromatic rings. The van der Waals surface area contributed by atoms with Crippen molar-refractivity contribution in [2.75, 3.05) is 0 Å². The van der Waals surface area contributed by atoms with Crippen LogP contribution in [0.25, 0.3) is 27.8 Å². The number of fused-ring (bicyclic) bond motifs is 1. The quantitative estimate of drug-likeness (QED) is 0.422. The van der Waals surface area contributed by atoms with E-state index in [9.17, 15) is 0 Å². The topological polar surface area (TPSA) is 23.4 Å². The zero-order valence-corrected chi connectivity index (χ0v) is 17.9. The third-order valence-electron chi connectivity index (χ3n) is 6.43. The fourth-order valence-corrected chi connectivity index (χ4v) is 4.04. The van der Waals surface area contributed by atoms with Crippen LogP contribution in [0.2, 0.25) is 0 Å². The molecular formula is C26H26BNO2. The summed E-state index contributed by atoms with van der Waals surface area (Å²) in [6.07, 6.45) is 0. The molecule has 4 heteroatoms. The van der Waals surface area contributed by atoms with Gasteiger partial charge in [0.15, 0.2) is 0 Å². The standard InChI is InChI=1S/C26H26BNO2/c1-25(2)26(3,4)30-27(29-25)21-14-10-15-22(18-21)28-23-16-9-8-13-20(23)17-24(28)19-11-6-5-7-12-19/h5-18H,1-4H3. The molecule has 0 aliphatic carbocycles. The summed E-state index contributed by atoms with van der Waals surface area (Å²) < 4.78 is 14.9. The number of aromatic nitrogens is 1. The average molecular weight is 395 g/mol. The van der Waals surface area contributed by atoms with Crippen molar-refractivity contribution in [2.24, 2.45) is 0 Å². The Hall–Kier alpha value is -2.82. The summed E-state index contributed by atoms with van der Waals surface area (Å²) in [5.74, 6) is 0. The molecule has 0 N–H and O–H groups in total. The van der Waals surface area contributed by atoms with Gasteiger partial charge in [-0.1, -0.05) is 60.7 Å². The molecule has 3 nitrogen and oxygen atoms in total. The van der Waals surface area contributed by atoms with E-state index in [1.807, 2.05) is 0 Å². The first-order valence-corrected chi connectivity index (χ1v) is 10.5. The summed E-state index contributed by atoms with van der Waals surface area (Å²) in [7, 11) is -0.378. The van der Waals surface area contributed by atoms with Crippen LogP contribution in [0.4, 0.5) is 0 Å². The zero-order chi connectivity index (χ0) is 20.9. The molecule has 1 aliphatic rings. The Balaban J connectivity index is 1.65. The van der Waals surface area contributed by atoms with E-state index in [0.717, 1.165) is 11.2 Å². The first kappa shape index (κ1) is 19.2. The molecule has 0 spiro atoms. The maximum Gasteiger partial charge on any atom is 0.494 e. The molecule has 3 aromatic carbocycles. The molecule has 1 aromatic heterocycles. The Morgan fingerprint density at radius 2 is 1.37 bits per heavy atom. The van der Waals surface area contributed by atoms with Crippen molar-refractivity contribution in [3.63, 3.8) is 0 Å². The van der Waals surface area contributed by atoms with Crippen LogP contribution in [0.5, 0.6) is 0 Å². The molecule has 2 heterocycles. The van der Waals surface area contributed by atoms with Crippen LogP contribution in [-0.2, 0) is 9.31 Å². The fourth-order valence-electron chi connectivity index (χ4n) is 4.04. The van der Waals surface area contributed by atoms with E-state index in [2.05, 4.69) is 117 Å². The van der Waals surface area contributed by atoms with Crippen molar-refractivity contribution in [3.05, 3.63) is 84.9 Å². The summed E-state index contributed by atoms with van der Waals surface area (Å²) in [5.41, 5.74) is 4.96. The highest BCUT2D eigenvalue weighted by atomic mass is 16.7. The van der Waals surface area contributed by atoms with E-state index in [-0.39, 0.29) is 18.3 Å². The zero-order valence-electron chi connectivity index (χ0n) is 17.9. The van der Waals surface area contributed by atoms with Crippen molar-refractivity contribution >= 4 is 23.5 Å². The molecule has 1 aliphatic heterocycles. The molecule has 0 saturated carbocycles. The van der Waals surface area contributed by atoms with Gasteiger partial charge in [0.25, 0.3) is 0 Å². The van der Waals surface area contributed by atoms with E-state index in [1.54, 1.807) is 0 Å². The number of hydrogen-bond acceptors (Lipinski definition) is 2. The third-order valence-corrected chi connectivity index (χ3v) is 6.43. The van der Waals surface area contributed by atoms with Crippen LogP contribution >= 0.6 is 0 Å². The van der Waals surface area contributed by atoms with Gasteiger partial charge < -0.3 is 13.9 Å². The second-order valence-electron chi connectivity index (χ2n) is 8.97. The summed E-state index contributed by atoms with van der Waals surface area (Å²) in [6.45, 7) is 8.35. The van der Waals surface area contributed by atoms with Gasteiger partial charge in [0, 0.05) is 11.1 Å². The number of benzene rings is 3. The van der Waals surface area contributed by atoms with Crippen LogP contribution in [0.3, 0.4) is 0 Å². The minimum absolute atomic E-state index is 0.358. The van der Waals surface area contributed by atoms with Gasteiger partial charge in [0.1, 0.15) is 0 Å². The minimum Gasteiger partial charge on any atom is -0.399 e. The highest BCUT2D eigenvalue weighted by Gasteiger charge is 2.51. The van der Waals surface area contributed by atoms with Crippen LogP contribution in [0.15, 0.2) is 84.9 Å². The van der Waals surface area contributed by atoms with Crippen LogP contribution in [-0.4, -0.2) is 22.9 Å². The normalized spacial score (nSPS) is 17.5. The second kappa shape index (κ2) is 6.87. The van der Waals surface area contributed by atoms with E-state index in [0.29, 0.717) is 0 Å². The van der Waals surface area contributed by atoms with Crippen LogP contribution < -0.4 is 5.46 Å². The van der Waals surface area contributed by atoms with Gasteiger partial charge in [-0.15, -0.1) is 0 Å². The lowest BCUT2D eigenvalue weighted by atomic mass is 9.79. The van der Waals surface area contributed by atoms with E-state index in [1.165, 1.54) is 22.2 Å². The van der Waals surface area contributed by atoms with Gasteiger partial charge in [0.05, 0.1) is 22.4 Å². The lowest BCUT2D eigenvalue weighted by Gasteiger charge is -2.32. The van der Waals surface area contributed by atoms with E-state index >= 15 is 0 Å².